The maximum absolute atomic E-state index is 4.72. The van der Waals surface area contributed by atoms with Crippen molar-refractivity contribution in [2.45, 2.75) is 19.4 Å². The van der Waals surface area contributed by atoms with E-state index in [0.717, 1.165) is 11.9 Å². The number of thiophene rings is 1. The van der Waals surface area contributed by atoms with Gasteiger partial charge in [0, 0.05) is 12.5 Å². The number of fused-ring (bicyclic) bond motifs is 1. The largest absolute Gasteiger partial charge is 0.313 e. The minimum absolute atomic E-state index is 0.354. The third-order valence-electron chi connectivity index (χ3n) is 3.34. The number of rotatable bonds is 4. The molecule has 0 fully saturated rings. The van der Waals surface area contributed by atoms with E-state index >= 15 is 0 Å². The fourth-order valence-corrected chi connectivity index (χ4v) is 4.19. The SMILES string of the molecule is CNC(Cc1nc2ccccc2s1)c1cscc1C. The number of nitrogens with zero attached hydrogens (tertiary/aromatic N) is 1. The summed E-state index contributed by atoms with van der Waals surface area (Å²) in [5.41, 5.74) is 3.87. The van der Waals surface area contributed by atoms with Gasteiger partial charge in [-0.15, -0.1) is 11.3 Å². The average Bonchev–Trinajstić information content (AvgIpc) is 3.01. The minimum atomic E-state index is 0.354. The first-order valence-corrected chi connectivity index (χ1v) is 8.08. The Kier molecular flexibility index (Phi) is 3.64. The van der Waals surface area contributed by atoms with Crippen molar-refractivity contribution in [3.8, 4) is 0 Å². The molecule has 0 saturated heterocycles. The number of thiazole rings is 1. The van der Waals surface area contributed by atoms with Crippen LogP contribution in [-0.4, -0.2) is 12.0 Å². The number of benzene rings is 1. The summed E-state index contributed by atoms with van der Waals surface area (Å²) < 4.78 is 1.27. The summed E-state index contributed by atoms with van der Waals surface area (Å²) in [5, 5.41) is 9.06. The van der Waals surface area contributed by atoms with E-state index in [4.69, 9.17) is 4.98 Å². The Morgan fingerprint density at radius 3 is 2.79 bits per heavy atom. The summed E-state index contributed by atoms with van der Waals surface area (Å²) in [5.74, 6) is 0. The van der Waals surface area contributed by atoms with Crippen LogP contribution in [0.1, 0.15) is 22.2 Å². The lowest BCUT2D eigenvalue weighted by Crippen LogP contribution is -2.18. The Balaban J connectivity index is 1.88. The molecule has 0 aliphatic rings. The first kappa shape index (κ1) is 12.8. The van der Waals surface area contributed by atoms with Gasteiger partial charge in [-0.25, -0.2) is 4.98 Å². The van der Waals surface area contributed by atoms with Gasteiger partial charge in [0.2, 0.25) is 0 Å². The van der Waals surface area contributed by atoms with Gasteiger partial charge in [-0.05, 0) is 48.0 Å². The standard InChI is InChI=1S/C15H16N2S2/c1-10-8-18-9-11(10)13(16-2)7-15-17-12-5-3-4-6-14(12)19-15/h3-6,8-9,13,16H,7H2,1-2H3. The topological polar surface area (TPSA) is 24.9 Å². The number of hydrogen-bond donors (Lipinski definition) is 1. The Hall–Kier alpha value is -1.23. The predicted molar refractivity (Wildman–Crippen MR) is 84.2 cm³/mol. The van der Waals surface area contributed by atoms with E-state index in [1.165, 1.54) is 20.8 Å². The molecule has 0 bridgehead atoms. The number of aromatic nitrogens is 1. The molecule has 1 N–H and O–H groups in total. The highest BCUT2D eigenvalue weighted by Crippen LogP contribution is 2.28. The van der Waals surface area contributed by atoms with Gasteiger partial charge in [-0.2, -0.15) is 11.3 Å². The number of likely N-dealkylation sites (N-methyl/N-ethyl adjacent to an activating group) is 1. The minimum Gasteiger partial charge on any atom is -0.313 e. The average molecular weight is 288 g/mol. The number of aryl methyl sites for hydroxylation is 1. The fraction of sp³-hybridized carbons (Fsp3) is 0.267. The van der Waals surface area contributed by atoms with Gasteiger partial charge in [-0.1, -0.05) is 12.1 Å². The zero-order valence-corrected chi connectivity index (χ0v) is 12.6. The van der Waals surface area contributed by atoms with Crippen molar-refractivity contribution in [2.24, 2.45) is 0 Å². The van der Waals surface area contributed by atoms with E-state index in [1.54, 1.807) is 22.7 Å². The Labute approximate surface area is 121 Å². The van der Waals surface area contributed by atoms with Crippen LogP contribution < -0.4 is 5.32 Å². The van der Waals surface area contributed by atoms with Gasteiger partial charge in [0.05, 0.1) is 15.2 Å². The second-order valence-corrected chi connectivity index (χ2v) is 6.49. The number of para-hydroxylation sites is 1. The summed E-state index contributed by atoms with van der Waals surface area (Å²) in [6.45, 7) is 2.18. The van der Waals surface area contributed by atoms with Crippen LogP contribution >= 0.6 is 22.7 Å². The van der Waals surface area contributed by atoms with Crippen LogP contribution in [0.4, 0.5) is 0 Å². The number of hydrogen-bond acceptors (Lipinski definition) is 4. The van der Waals surface area contributed by atoms with Gasteiger partial charge >= 0.3 is 0 Å². The highest BCUT2D eigenvalue weighted by Gasteiger charge is 2.15. The predicted octanol–water partition coefficient (Wildman–Crippen LogP) is 4.17. The summed E-state index contributed by atoms with van der Waals surface area (Å²) in [6.07, 6.45) is 0.952. The molecule has 2 aromatic heterocycles. The van der Waals surface area contributed by atoms with E-state index in [1.807, 2.05) is 13.1 Å². The molecule has 1 aromatic carbocycles. The van der Waals surface area contributed by atoms with Crippen molar-refractivity contribution < 1.29 is 0 Å². The molecule has 0 radical (unpaired) electrons. The van der Waals surface area contributed by atoms with E-state index in [-0.39, 0.29) is 0 Å². The fourth-order valence-electron chi connectivity index (χ4n) is 2.28. The van der Waals surface area contributed by atoms with Crippen molar-refractivity contribution in [2.75, 3.05) is 7.05 Å². The van der Waals surface area contributed by atoms with Crippen LogP contribution in [0.15, 0.2) is 35.0 Å². The molecule has 0 aliphatic heterocycles. The second kappa shape index (κ2) is 5.41. The number of nitrogens with one attached hydrogen (secondary N) is 1. The van der Waals surface area contributed by atoms with E-state index < -0.39 is 0 Å². The lowest BCUT2D eigenvalue weighted by molar-refractivity contribution is 0.590. The Bertz CT molecular complexity index is 651. The van der Waals surface area contributed by atoms with Crippen LogP contribution in [0.3, 0.4) is 0 Å². The summed E-state index contributed by atoms with van der Waals surface area (Å²) in [6, 6.07) is 8.69. The monoisotopic (exact) mass is 288 g/mol. The summed E-state index contributed by atoms with van der Waals surface area (Å²) in [4.78, 5) is 4.72. The highest BCUT2D eigenvalue weighted by atomic mass is 32.1. The second-order valence-electron chi connectivity index (χ2n) is 4.63. The lowest BCUT2D eigenvalue weighted by atomic mass is 10.0. The zero-order chi connectivity index (χ0) is 13.2. The Morgan fingerprint density at radius 2 is 2.11 bits per heavy atom. The summed E-state index contributed by atoms with van der Waals surface area (Å²) in [7, 11) is 2.02. The Morgan fingerprint density at radius 1 is 1.26 bits per heavy atom. The quantitative estimate of drug-likeness (QED) is 0.779. The smallest absolute Gasteiger partial charge is 0.0957 e. The molecule has 0 aliphatic carbocycles. The molecule has 19 heavy (non-hydrogen) atoms. The van der Waals surface area contributed by atoms with Crippen LogP contribution in [-0.2, 0) is 6.42 Å². The van der Waals surface area contributed by atoms with E-state index in [2.05, 4.69) is 41.2 Å². The molecule has 2 heterocycles. The molecule has 1 atom stereocenters. The van der Waals surface area contributed by atoms with Crippen LogP contribution in [0.5, 0.6) is 0 Å². The van der Waals surface area contributed by atoms with Crippen molar-refractivity contribution in [1.82, 2.24) is 10.3 Å². The molecular formula is C15H16N2S2. The molecule has 3 aromatic rings. The van der Waals surface area contributed by atoms with Crippen molar-refractivity contribution in [1.29, 1.82) is 0 Å². The summed E-state index contributed by atoms with van der Waals surface area (Å²) >= 11 is 3.56. The van der Waals surface area contributed by atoms with Gasteiger partial charge in [0.25, 0.3) is 0 Å². The third kappa shape index (κ3) is 2.56. The van der Waals surface area contributed by atoms with Crippen LogP contribution in [0.25, 0.3) is 10.2 Å². The molecule has 2 nitrogen and oxygen atoms in total. The molecule has 0 amide bonds. The molecule has 98 valence electrons. The van der Waals surface area contributed by atoms with Crippen molar-refractivity contribution in [3.05, 3.63) is 51.2 Å². The van der Waals surface area contributed by atoms with Gasteiger partial charge in [0.15, 0.2) is 0 Å². The highest BCUT2D eigenvalue weighted by molar-refractivity contribution is 7.18. The maximum atomic E-state index is 4.72. The van der Waals surface area contributed by atoms with E-state index in [9.17, 15) is 0 Å². The van der Waals surface area contributed by atoms with Crippen molar-refractivity contribution in [3.63, 3.8) is 0 Å². The van der Waals surface area contributed by atoms with Gasteiger partial charge < -0.3 is 5.32 Å². The van der Waals surface area contributed by atoms with Crippen LogP contribution in [0.2, 0.25) is 0 Å². The van der Waals surface area contributed by atoms with Crippen LogP contribution in [0, 0.1) is 6.92 Å². The zero-order valence-electron chi connectivity index (χ0n) is 11.0. The van der Waals surface area contributed by atoms with E-state index in [0.29, 0.717) is 6.04 Å². The molecule has 0 saturated carbocycles. The van der Waals surface area contributed by atoms with Gasteiger partial charge in [0.1, 0.15) is 0 Å². The lowest BCUT2D eigenvalue weighted by Gasteiger charge is -2.14. The van der Waals surface area contributed by atoms with Gasteiger partial charge in [-0.3, -0.25) is 0 Å². The molecule has 3 rings (SSSR count). The molecular weight excluding hydrogens is 272 g/mol. The van der Waals surface area contributed by atoms with Crippen molar-refractivity contribution >= 4 is 32.9 Å². The molecule has 4 heteroatoms. The molecule has 1 unspecified atom stereocenters. The first-order valence-electron chi connectivity index (χ1n) is 6.32. The maximum Gasteiger partial charge on any atom is 0.0957 e. The third-order valence-corrected chi connectivity index (χ3v) is 5.27. The normalized spacial score (nSPS) is 12.9. The molecule has 0 spiro atoms. The first-order chi connectivity index (χ1) is 9.28.